The predicted octanol–water partition coefficient (Wildman–Crippen LogP) is 2.56. The van der Waals surface area contributed by atoms with Crippen LogP contribution in [0.5, 0.6) is 0 Å². The van der Waals surface area contributed by atoms with Gasteiger partial charge in [-0.1, -0.05) is 0 Å². The zero-order valence-electron chi connectivity index (χ0n) is 9.56. The smallest absolute Gasteiger partial charge is 0.248 e. The highest BCUT2D eigenvalue weighted by Crippen LogP contribution is 2.13. The molecule has 0 spiro atoms. The van der Waals surface area contributed by atoms with Gasteiger partial charge in [-0.3, -0.25) is 9.78 Å². The number of amides is 1. The normalized spacial score (nSPS) is 10.1. The first-order valence-electron chi connectivity index (χ1n) is 5.38. The number of halogens is 1. The van der Waals surface area contributed by atoms with Gasteiger partial charge in [0, 0.05) is 34.7 Å². The number of carbonyl (C=O) groups is 1. The lowest BCUT2D eigenvalue weighted by molar-refractivity contribution is 0.100. The molecule has 92 valence electrons. The second-order valence-electron chi connectivity index (χ2n) is 3.81. The maximum absolute atomic E-state index is 10.9. The number of hydrogen-bond donors (Lipinski definition) is 2. The van der Waals surface area contributed by atoms with E-state index in [2.05, 4.69) is 26.2 Å². The molecule has 1 aromatic heterocycles. The summed E-state index contributed by atoms with van der Waals surface area (Å²) in [5.74, 6) is -0.419. The fourth-order valence-corrected chi connectivity index (χ4v) is 1.92. The molecule has 2 rings (SSSR count). The number of rotatable bonds is 4. The van der Waals surface area contributed by atoms with E-state index in [4.69, 9.17) is 5.73 Å². The van der Waals surface area contributed by atoms with E-state index in [0.717, 1.165) is 15.7 Å². The third-order valence-corrected chi connectivity index (χ3v) is 2.86. The first-order chi connectivity index (χ1) is 8.65. The van der Waals surface area contributed by atoms with Crippen molar-refractivity contribution in [3.63, 3.8) is 0 Å². The van der Waals surface area contributed by atoms with Crippen molar-refractivity contribution in [1.82, 2.24) is 4.98 Å². The Hall–Kier alpha value is -1.88. The molecule has 1 aromatic carbocycles. The lowest BCUT2D eigenvalue weighted by atomic mass is 10.2. The molecule has 0 fully saturated rings. The minimum absolute atomic E-state index is 0.419. The summed E-state index contributed by atoms with van der Waals surface area (Å²) in [7, 11) is 0. The van der Waals surface area contributed by atoms with E-state index in [-0.39, 0.29) is 0 Å². The zero-order chi connectivity index (χ0) is 13.0. The summed E-state index contributed by atoms with van der Waals surface area (Å²) in [5, 5.41) is 3.24. The standard InChI is InChI=1S/C13H12BrN3O/c14-11-5-9(6-16-8-11)7-17-12-3-1-10(2-4-12)13(15)18/h1-6,8,17H,7H2,(H2,15,18). The summed E-state index contributed by atoms with van der Waals surface area (Å²) in [6, 6.07) is 9.04. The summed E-state index contributed by atoms with van der Waals surface area (Å²) < 4.78 is 0.950. The number of nitrogens with one attached hydrogen (secondary N) is 1. The monoisotopic (exact) mass is 305 g/mol. The fraction of sp³-hybridized carbons (Fsp3) is 0.0769. The van der Waals surface area contributed by atoms with Crippen molar-refractivity contribution >= 4 is 27.5 Å². The van der Waals surface area contributed by atoms with E-state index in [1.165, 1.54) is 0 Å². The molecule has 0 aliphatic carbocycles. The van der Waals surface area contributed by atoms with E-state index in [1.54, 1.807) is 24.5 Å². The lowest BCUT2D eigenvalue weighted by Gasteiger charge is -2.07. The number of carbonyl (C=O) groups excluding carboxylic acids is 1. The number of pyridine rings is 1. The SMILES string of the molecule is NC(=O)c1ccc(NCc2cncc(Br)c2)cc1. The summed E-state index contributed by atoms with van der Waals surface area (Å²) in [4.78, 5) is 15.0. The molecule has 4 nitrogen and oxygen atoms in total. The largest absolute Gasteiger partial charge is 0.381 e. The number of anilines is 1. The average molecular weight is 306 g/mol. The molecule has 1 heterocycles. The Morgan fingerprint density at radius 1 is 1.28 bits per heavy atom. The van der Waals surface area contributed by atoms with Gasteiger partial charge >= 0.3 is 0 Å². The highest BCUT2D eigenvalue weighted by atomic mass is 79.9. The van der Waals surface area contributed by atoms with Crippen LogP contribution in [-0.2, 0) is 6.54 Å². The summed E-state index contributed by atoms with van der Waals surface area (Å²) >= 11 is 3.37. The van der Waals surface area contributed by atoms with Gasteiger partial charge in [0.1, 0.15) is 0 Å². The first kappa shape index (κ1) is 12.6. The Morgan fingerprint density at radius 2 is 2.00 bits per heavy atom. The maximum atomic E-state index is 10.9. The molecule has 2 aromatic rings. The van der Waals surface area contributed by atoms with Crippen molar-refractivity contribution in [2.24, 2.45) is 5.73 Å². The van der Waals surface area contributed by atoms with Crippen molar-refractivity contribution < 1.29 is 4.79 Å². The summed E-state index contributed by atoms with van der Waals surface area (Å²) in [5.41, 5.74) is 7.68. The van der Waals surface area contributed by atoms with Crippen LogP contribution in [0.1, 0.15) is 15.9 Å². The molecule has 0 unspecified atom stereocenters. The molecule has 0 saturated heterocycles. The van der Waals surface area contributed by atoms with Gasteiger partial charge in [0.15, 0.2) is 0 Å². The minimum Gasteiger partial charge on any atom is -0.381 e. The highest BCUT2D eigenvalue weighted by molar-refractivity contribution is 9.10. The van der Waals surface area contributed by atoms with Gasteiger partial charge in [-0.2, -0.15) is 0 Å². The average Bonchev–Trinajstić information content (AvgIpc) is 2.37. The molecule has 0 atom stereocenters. The van der Waals surface area contributed by atoms with Crippen LogP contribution in [0.4, 0.5) is 5.69 Å². The second-order valence-corrected chi connectivity index (χ2v) is 4.72. The van der Waals surface area contributed by atoms with Crippen LogP contribution < -0.4 is 11.1 Å². The third kappa shape index (κ3) is 3.30. The van der Waals surface area contributed by atoms with Gasteiger partial charge in [0.25, 0.3) is 0 Å². The molecule has 18 heavy (non-hydrogen) atoms. The van der Waals surface area contributed by atoms with E-state index < -0.39 is 5.91 Å². The molecule has 3 N–H and O–H groups in total. The molecule has 0 aliphatic heterocycles. The molecule has 1 amide bonds. The van der Waals surface area contributed by atoms with Gasteiger partial charge in [0.05, 0.1) is 0 Å². The van der Waals surface area contributed by atoms with Crippen LogP contribution in [0.3, 0.4) is 0 Å². The van der Waals surface area contributed by atoms with E-state index >= 15 is 0 Å². The predicted molar refractivity (Wildman–Crippen MR) is 74.2 cm³/mol. The zero-order valence-corrected chi connectivity index (χ0v) is 11.1. The molecule has 0 aliphatic rings. The Labute approximate surface area is 113 Å². The van der Waals surface area contributed by atoms with Crippen LogP contribution >= 0.6 is 15.9 Å². The van der Waals surface area contributed by atoms with Crippen molar-refractivity contribution in [1.29, 1.82) is 0 Å². The summed E-state index contributed by atoms with van der Waals surface area (Å²) in [6.45, 7) is 0.669. The number of primary amides is 1. The van der Waals surface area contributed by atoms with Gasteiger partial charge < -0.3 is 11.1 Å². The quantitative estimate of drug-likeness (QED) is 0.912. The summed E-state index contributed by atoms with van der Waals surface area (Å²) in [6.07, 6.45) is 3.54. The van der Waals surface area contributed by atoms with Gasteiger partial charge in [0.2, 0.25) is 5.91 Å². The Bertz CT molecular complexity index is 554. The van der Waals surface area contributed by atoms with Gasteiger partial charge in [-0.15, -0.1) is 0 Å². The number of nitrogens with two attached hydrogens (primary N) is 1. The Kier molecular flexibility index (Phi) is 3.94. The molecule has 0 bridgehead atoms. The number of hydrogen-bond acceptors (Lipinski definition) is 3. The lowest BCUT2D eigenvalue weighted by Crippen LogP contribution is -2.10. The van der Waals surface area contributed by atoms with Crippen molar-refractivity contribution in [2.45, 2.75) is 6.54 Å². The first-order valence-corrected chi connectivity index (χ1v) is 6.17. The van der Waals surface area contributed by atoms with Gasteiger partial charge in [-0.05, 0) is 51.8 Å². The number of benzene rings is 1. The van der Waals surface area contributed by atoms with Crippen LogP contribution in [-0.4, -0.2) is 10.9 Å². The van der Waals surface area contributed by atoms with Crippen molar-refractivity contribution in [3.8, 4) is 0 Å². The number of nitrogens with zero attached hydrogens (tertiary/aromatic N) is 1. The second kappa shape index (κ2) is 5.64. The molecular formula is C13H12BrN3O. The van der Waals surface area contributed by atoms with Crippen LogP contribution in [0.25, 0.3) is 0 Å². The van der Waals surface area contributed by atoms with E-state index in [1.807, 2.05) is 18.2 Å². The molecule has 5 heteroatoms. The van der Waals surface area contributed by atoms with E-state index in [9.17, 15) is 4.79 Å². The number of aromatic nitrogens is 1. The third-order valence-electron chi connectivity index (χ3n) is 2.43. The van der Waals surface area contributed by atoms with E-state index in [0.29, 0.717) is 12.1 Å². The highest BCUT2D eigenvalue weighted by Gasteiger charge is 2.00. The fourth-order valence-electron chi connectivity index (χ4n) is 1.51. The molecule has 0 saturated carbocycles. The molecular weight excluding hydrogens is 294 g/mol. The topological polar surface area (TPSA) is 68.0 Å². The molecule has 0 radical (unpaired) electrons. The van der Waals surface area contributed by atoms with Crippen molar-refractivity contribution in [2.75, 3.05) is 5.32 Å². The van der Waals surface area contributed by atoms with Crippen molar-refractivity contribution in [3.05, 3.63) is 58.3 Å². The Balaban J connectivity index is 2.00. The van der Waals surface area contributed by atoms with Crippen LogP contribution in [0.2, 0.25) is 0 Å². The minimum atomic E-state index is -0.419. The maximum Gasteiger partial charge on any atom is 0.248 e. The van der Waals surface area contributed by atoms with Crippen LogP contribution in [0, 0.1) is 0 Å². The van der Waals surface area contributed by atoms with Gasteiger partial charge in [-0.25, -0.2) is 0 Å². The van der Waals surface area contributed by atoms with Crippen LogP contribution in [0.15, 0.2) is 47.2 Å². The Morgan fingerprint density at radius 3 is 2.61 bits per heavy atom.